The molecule has 8 heteroatoms. The largest absolute Gasteiger partial charge is 0.497 e. The molecular formula is C27H40N2O5S. The lowest BCUT2D eigenvalue weighted by Gasteiger charge is -2.25. The van der Waals surface area contributed by atoms with E-state index in [-0.39, 0.29) is 30.3 Å². The van der Waals surface area contributed by atoms with Gasteiger partial charge in [0.15, 0.2) is 0 Å². The Labute approximate surface area is 210 Å². The third-order valence-corrected chi connectivity index (χ3v) is 7.56. The summed E-state index contributed by atoms with van der Waals surface area (Å²) in [5.74, 6) is 0.995. The lowest BCUT2D eigenvalue weighted by atomic mass is 10.0. The van der Waals surface area contributed by atoms with Crippen LogP contribution in [0.2, 0.25) is 0 Å². The monoisotopic (exact) mass is 504 g/mol. The van der Waals surface area contributed by atoms with Crippen molar-refractivity contribution in [3.63, 3.8) is 0 Å². The van der Waals surface area contributed by atoms with Crippen LogP contribution in [-0.4, -0.2) is 56.7 Å². The number of amides is 1. The lowest BCUT2D eigenvalue weighted by molar-refractivity contribution is -0.122. The van der Waals surface area contributed by atoms with E-state index in [4.69, 9.17) is 4.74 Å². The number of nitrogens with one attached hydrogen (secondary N) is 2. The molecule has 3 N–H and O–H groups in total. The van der Waals surface area contributed by atoms with Crippen molar-refractivity contribution in [2.45, 2.75) is 58.2 Å². The molecule has 0 aliphatic heterocycles. The zero-order chi connectivity index (χ0) is 25.7. The van der Waals surface area contributed by atoms with Crippen molar-refractivity contribution in [2.75, 3.05) is 25.2 Å². The molecule has 0 bridgehead atoms. The fourth-order valence-electron chi connectivity index (χ4n) is 3.69. The first-order chi connectivity index (χ1) is 16.7. The molecule has 0 unspecified atom stereocenters. The Morgan fingerprint density at radius 2 is 1.74 bits per heavy atom. The molecule has 35 heavy (non-hydrogen) atoms. The predicted molar refractivity (Wildman–Crippen MR) is 140 cm³/mol. The summed E-state index contributed by atoms with van der Waals surface area (Å²) in [6, 6.07) is 16.9. The summed E-state index contributed by atoms with van der Waals surface area (Å²) in [6.07, 6.45) is 0.661. The van der Waals surface area contributed by atoms with E-state index in [0.29, 0.717) is 31.8 Å². The summed E-state index contributed by atoms with van der Waals surface area (Å²) in [6.45, 7) is 4.83. The van der Waals surface area contributed by atoms with Gasteiger partial charge in [0.1, 0.15) is 15.6 Å². The van der Waals surface area contributed by atoms with Crippen molar-refractivity contribution >= 4 is 15.7 Å². The smallest absolute Gasteiger partial charge is 0.220 e. The highest BCUT2D eigenvalue weighted by Crippen LogP contribution is 2.13. The van der Waals surface area contributed by atoms with Crippen LogP contribution in [-0.2, 0) is 27.6 Å². The Balaban J connectivity index is 1.90. The number of hydrogen-bond acceptors (Lipinski definition) is 6. The highest BCUT2D eigenvalue weighted by Gasteiger charge is 2.22. The second kappa shape index (κ2) is 14.9. The van der Waals surface area contributed by atoms with Gasteiger partial charge in [-0.1, -0.05) is 56.3 Å². The van der Waals surface area contributed by atoms with Crippen molar-refractivity contribution in [3.8, 4) is 5.75 Å². The average Bonchev–Trinajstić information content (AvgIpc) is 2.83. The van der Waals surface area contributed by atoms with Crippen molar-refractivity contribution in [3.05, 3.63) is 65.7 Å². The first-order valence-corrected chi connectivity index (χ1v) is 14.1. The number of benzene rings is 2. The third-order valence-electron chi connectivity index (χ3n) is 5.79. The van der Waals surface area contributed by atoms with Crippen LogP contribution in [0, 0.1) is 5.92 Å². The van der Waals surface area contributed by atoms with Gasteiger partial charge in [0.05, 0.1) is 30.8 Å². The second-order valence-corrected chi connectivity index (χ2v) is 11.7. The van der Waals surface area contributed by atoms with E-state index < -0.39 is 22.0 Å². The maximum absolute atomic E-state index is 12.6. The van der Waals surface area contributed by atoms with Gasteiger partial charge in [0.25, 0.3) is 0 Å². The molecule has 0 saturated heterocycles. The lowest BCUT2D eigenvalue weighted by Crippen LogP contribution is -2.48. The number of aliphatic hydroxyl groups is 1. The normalized spacial score (nSPS) is 13.4. The van der Waals surface area contributed by atoms with Gasteiger partial charge >= 0.3 is 0 Å². The van der Waals surface area contributed by atoms with Crippen LogP contribution in [0.1, 0.15) is 44.2 Å². The maximum Gasteiger partial charge on any atom is 0.220 e. The van der Waals surface area contributed by atoms with Gasteiger partial charge in [-0.3, -0.25) is 4.79 Å². The number of aliphatic hydroxyl groups excluding tert-OH is 1. The van der Waals surface area contributed by atoms with Gasteiger partial charge < -0.3 is 20.5 Å². The Kier molecular flexibility index (Phi) is 12.2. The summed E-state index contributed by atoms with van der Waals surface area (Å²) in [7, 11) is -1.54. The van der Waals surface area contributed by atoms with E-state index in [9.17, 15) is 18.3 Å². The number of carbonyl (C=O) groups excluding carboxylic acids is 1. The summed E-state index contributed by atoms with van der Waals surface area (Å²) in [4.78, 5) is 12.6. The Hall–Kier alpha value is -2.42. The number of methoxy groups -OCH3 is 1. The molecule has 7 nitrogen and oxygen atoms in total. The van der Waals surface area contributed by atoms with E-state index in [1.807, 2.05) is 68.4 Å². The molecule has 2 aromatic carbocycles. The summed E-state index contributed by atoms with van der Waals surface area (Å²) < 4.78 is 29.6. The van der Waals surface area contributed by atoms with Crippen LogP contribution in [0.15, 0.2) is 54.6 Å². The number of ether oxygens (including phenoxy) is 1. The molecule has 194 valence electrons. The molecular weight excluding hydrogens is 464 g/mol. The summed E-state index contributed by atoms with van der Waals surface area (Å²) >= 11 is 0. The summed E-state index contributed by atoms with van der Waals surface area (Å²) in [5, 5.41) is 17.0. The number of sulfone groups is 1. The molecule has 0 aliphatic carbocycles. The molecule has 0 fully saturated rings. The minimum absolute atomic E-state index is 0.00113. The molecule has 2 rings (SSSR count). The Bertz CT molecular complexity index is 996. The van der Waals surface area contributed by atoms with Gasteiger partial charge in [-0.2, -0.15) is 0 Å². The highest BCUT2D eigenvalue weighted by molar-refractivity contribution is 7.91. The van der Waals surface area contributed by atoms with Gasteiger partial charge in [-0.05, 0) is 48.4 Å². The van der Waals surface area contributed by atoms with Crippen molar-refractivity contribution in [1.82, 2.24) is 10.6 Å². The van der Waals surface area contributed by atoms with E-state index >= 15 is 0 Å². The molecule has 2 aromatic rings. The van der Waals surface area contributed by atoms with E-state index in [0.717, 1.165) is 16.9 Å². The van der Waals surface area contributed by atoms with E-state index in [2.05, 4.69) is 10.6 Å². The van der Waals surface area contributed by atoms with Crippen LogP contribution >= 0.6 is 0 Å². The standard InChI is InChI=1S/C27H40N2O5S/c1-21(2)14-16-35(32,33)15-8-13-27(31)29-25(18-22-9-5-4-6-10-22)26(30)20-28-19-23-11-7-12-24(17-23)34-3/h4-7,9-12,17,21,25-26,28,30H,8,13-16,18-20H2,1-3H3,(H,29,31)/t25-,26-/m0/s1. The fourth-order valence-corrected chi connectivity index (χ4v) is 5.31. The van der Waals surface area contributed by atoms with Crippen LogP contribution in [0.5, 0.6) is 5.75 Å². The molecule has 1 amide bonds. The van der Waals surface area contributed by atoms with Crippen LogP contribution < -0.4 is 15.4 Å². The maximum atomic E-state index is 12.6. The predicted octanol–water partition coefficient (Wildman–Crippen LogP) is 3.11. The molecule has 0 spiro atoms. The molecule has 0 saturated carbocycles. The molecule has 0 aromatic heterocycles. The second-order valence-electron chi connectivity index (χ2n) is 9.35. The topological polar surface area (TPSA) is 105 Å². The quantitative estimate of drug-likeness (QED) is 0.325. The molecule has 2 atom stereocenters. The first kappa shape index (κ1) is 28.8. The number of hydrogen-bond donors (Lipinski definition) is 3. The van der Waals surface area contributed by atoms with Crippen LogP contribution in [0.3, 0.4) is 0 Å². The van der Waals surface area contributed by atoms with Gasteiger partial charge in [-0.15, -0.1) is 0 Å². The van der Waals surface area contributed by atoms with E-state index in [1.165, 1.54) is 0 Å². The van der Waals surface area contributed by atoms with Crippen LogP contribution in [0.4, 0.5) is 0 Å². The molecule has 0 radical (unpaired) electrons. The zero-order valence-corrected chi connectivity index (χ0v) is 21.9. The molecule has 0 aliphatic rings. The zero-order valence-electron chi connectivity index (χ0n) is 21.1. The van der Waals surface area contributed by atoms with Gasteiger partial charge in [-0.25, -0.2) is 8.42 Å². The fraction of sp³-hybridized carbons (Fsp3) is 0.519. The average molecular weight is 505 g/mol. The highest BCUT2D eigenvalue weighted by atomic mass is 32.2. The first-order valence-electron chi connectivity index (χ1n) is 12.2. The van der Waals surface area contributed by atoms with Crippen molar-refractivity contribution < 1.29 is 23.1 Å². The SMILES string of the molecule is COc1cccc(CNC[C@H](O)[C@H](Cc2ccccc2)NC(=O)CCCS(=O)(=O)CCC(C)C)c1. The minimum Gasteiger partial charge on any atom is -0.497 e. The van der Waals surface area contributed by atoms with E-state index in [1.54, 1.807) is 7.11 Å². The van der Waals surface area contributed by atoms with Gasteiger partial charge in [0.2, 0.25) is 5.91 Å². The van der Waals surface area contributed by atoms with Gasteiger partial charge in [0, 0.05) is 19.5 Å². The number of rotatable bonds is 16. The van der Waals surface area contributed by atoms with Crippen molar-refractivity contribution in [2.24, 2.45) is 5.92 Å². The molecule has 0 heterocycles. The third kappa shape index (κ3) is 11.7. The minimum atomic E-state index is -3.16. The van der Waals surface area contributed by atoms with Crippen LogP contribution in [0.25, 0.3) is 0 Å². The summed E-state index contributed by atoms with van der Waals surface area (Å²) in [5.41, 5.74) is 2.03. The van der Waals surface area contributed by atoms with Crippen molar-refractivity contribution in [1.29, 1.82) is 0 Å². The Morgan fingerprint density at radius 1 is 1.03 bits per heavy atom. The number of carbonyl (C=O) groups is 1. The Morgan fingerprint density at radius 3 is 2.43 bits per heavy atom.